The zero-order valence-electron chi connectivity index (χ0n) is 28.1. The van der Waals surface area contributed by atoms with Crippen LogP contribution in [0, 0.1) is 5.41 Å². The SMILES string of the molecule is CCC(C)(C)c1ccc(C(C)(C(=O)O)C(C)(C)CC)c(C(C)c2cc(C(C)(C)CC)cc(C(C)(C)CC)c2O)c1. The van der Waals surface area contributed by atoms with Crippen molar-refractivity contribution in [3.05, 3.63) is 63.7 Å². The van der Waals surface area contributed by atoms with Gasteiger partial charge >= 0.3 is 5.97 Å². The quantitative estimate of drug-likeness (QED) is 0.276. The minimum absolute atomic E-state index is 0.0592. The van der Waals surface area contributed by atoms with E-state index in [0.717, 1.165) is 47.9 Å². The van der Waals surface area contributed by atoms with Crippen LogP contribution >= 0.6 is 0 Å². The maximum atomic E-state index is 13.1. The maximum Gasteiger partial charge on any atom is 0.314 e. The van der Waals surface area contributed by atoms with Crippen LogP contribution < -0.4 is 0 Å². The van der Waals surface area contributed by atoms with Crippen LogP contribution in [-0.2, 0) is 26.5 Å². The molecule has 2 aromatic carbocycles. The average Bonchev–Trinajstić information content (AvgIpc) is 2.91. The van der Waals surface area contributed by atoms with Crippen molar-refractivity contribution in [3.8, 4) is 5.75 Å². The second kappa shape index (κ2) is 11.5. The summed E-state index contributed by atoms with van der Waals surface area (Å²) in [7, 11) is 0. The van der Waals surface area contributed by atoms with Crippen molar-refractivity contribution in [3.63, 3.8) is 0 Å². The lowest BCUT2D eigenvalue weighted by atomic mass is 9.59. The monoisotopic (exact) mass is 550 g/mol. The number of hydrogen-bond acceptors (Lipinski definition) is 2. The highest BCUT2D eigenvalue weighted by atomic mass is 16.4. The van der Waals surface area contributed by atoms with Crippen LogP contribution in [0.2, 0.25) is 0 Å². The van der Waals surface area contributed by atoms with Crippen LogP contribution in [0.15, 0.2) is 30.3 Å². The molecule has 0 heterocycles. The third-order valence-electron chi connectivity index (χ3n) is 11.3. The molecule has 0 aliphatic carbocycles. The molecule has 0 saturated heterocycles. The first kappa shape index (κ1) is 33.9. The Balaban J connectivity index is 3.09. The number of hydrogen-bond donors (Lipinski definition) is 2. The molecule has 0 radical (unpaired) electrons. The van der Waals surface area contributed by atoms with Crippen LogP contribution in [0.1, 0.15) is 162 Å². The number of carboxylic acid groups (broad SMARTS) is 1. The average molecular weight is 551 g/mol. The summed E-state index contributed by atoms with van der Waals surface area (Å²) >= 11 is 0. The molecule has 2 unspecified atom stereocenters. The summed E-state index contributed by atoms with van der Waals surface area (Å²) in [5, 5.41) is 22.7. The van der Waals surface area contributed by atoms with Crippen molar-refractivity contribution >= 4 is 5.97 Å². The molecule has 0 aliphatic rings. The molecular formula is C37H58O3. The summed E-state index contributed by atoms with van der Waals surface area (Å²) in [6.07, 6.45) is 3.57. The molecule has 2 rings (SSSR count). The molecule has 0 fully saturated rings. The molecule has 0 spiro atoms. The number of rotatable bonds is 12. The number of phenolic OH excluding ortho intramolecular Hbond substituents is 1. The predicted octanol–water partition coefficient (Wildman–Crippen LogP) is 10.4. The Labute approximate surface area is 245 Å². The van der Waals surface area contributed by atoms with Crippen molar-refractivity contribution in [2.24, 2.45) is 5.41 Å². The molecule has 40 heavy (non-hydrogen) atoms. The molecule has 2 atom stereocenters. The third-order valence-corrected chi connectivity index (χ3v) is 11.3. The minimum atomic E-state index is -1.11. The Morgan fingerprint density at radius 1 is 0.675 bits per heavy atom. The van der Waals surface area contributed by atoms with E-state index >= 15 is 0 Å². The first-order chi connectivity index (χ1) is 18.2. The number of carbonyl (C=O) groups is 1. The van der Waals surface area contributed by atoms with Gasteiger partial charge in [-0.2, -0.15) is 0 Å². The molecule has 3 nitrogen and oxygen atoms in total. The second-order valence-electron chi connectivity index (χ2n) is 14.9. The van der Waals surface area contributed by atoms with Crippen LogP contribution in [0.4, 0.5) is 0 Å². The Kier molecular flexibility index (Phi) is 9.78. The van der Waals surface area contributed by atoms with Crippen LogP contribution in [0.25, 0.3) is 0 Å². The first-order valence-electron chi connectivity index (χ1n) is 15.4. The lowest BCUT2D eigenvalue weighted by Crippen LogP contribution is -2.46. The molecule has 224 valence electrons. The van der Waals surface area contributed by atoms with Crippen molar-refractivity contribution in [2.75, 3.05) is 0 Å². The van der Waals surface area contributed by atoms with Gasteiger partial charge in [0.05, 0.1) is 5.41 Å². The summed E-state index contributed by atoms with van der Waals surface area (Å²) in [6, 6.07) is 10.8. The van der Waals surface area contributed by atoms with Gasteiger partial charge in [0.15, 0.2) is 0 Å². The summed E-state index contributed by atoms with van der Waals surface area (Å²) in [4.78, 5) is 13.1. The summed E-state index contributed by atoms with van der Waals surface area (Å²) in [5.74, 6) is -0.672. The molecule has 0 aliphatic heterocycles. The van der Waals surface area contributed by atoms with Gasteiger partial charge in [-0.15, -0.1) is 0 Å². The van der Waals surface area contributed by atoms with Crippen LogP contribution in [-0.4, -0.2) is 16.2 Å². The molecule has 0 aromatic heterocycles. The van der Waals surface area contributed by atoms with E-state index in [4.69, 9.17) is 0 Å². The Morgan fingerprint density at radius 2 is 1.15 bits per heavy atom. The van der Waals surface area contributed by atoms with Crippen molar-refractivity contribution in [2.45, 2.75) is 150 Å². The van der Waals surface area contributed by atoms with Crippen molar-refractivity contribution in [1.82, 2.24) is 0 Å². The van der Waals surface area contributed by atoms with Gasteiger partial charge in [0.1, 0.15) is 5.75 Å². The first-order valence-corrected chi connectivity index (χ1v) is 15.4. The number of phenols is 1. The fraction of sp³-hybridized carbons (Fsp3) is 0.649. The van der Waals surface area contributed by atoms with Crippen molar-refractivity contribution in [1.29, 1.82) is 0 Å². The lowest BCUT2D eigenvalue weighted by Gasteiger charge is -2.43. The third kappa shape index (κ3) is 5.86. The van der Waals surface area contributed by atoms with Gasteiger partial charge in [0, 0.05) is 17.0 Å². The summed E-state index contributed by atoms with van der Waals surface area (Å²) < 4.78 is 0. The number of carboxylic acids is 1. The van der Waals surface area contributed by atoms with Gasteiger partial charge in [-0.3, -0.25) is 4.79 Å². The van der Waals surface area contributed by atoms with E-state index in [9.17, 15) is 15.0 Å². The smallest absolute Gasteiger partial charge is 0.314 e. The lowest BCUT2D eigenvalue weighted by molar-refractivity contribution is -0.148. The summed E-state index contributed by atoms with van der Waals surface area (Å²) in [6.45, 7) is 30.2. The normalized spacial score (nSPS) is 15.6. The fourth-order valence-corrected chi connectivity index (χ4v) is 5.58. The molecular weight excluding hydrogens is 492 g/mol. The Hall–Kier alpha value is -2.29. The van der Waals surface area contributed by atoms with E-state index in [2.05, 4.69) is 120 Å². The van der Waals surface area contributed by atoms with E-state index in [1.54, 1.807) is 0 Å². The van der Waals surface area contributed by atoms with E-state index < -0.39 is 16.8 Å². The highest BCUT2D eigenvalue weighted by Gasteiger charge is 2.49. The van der Waals surface area contributed by atoms with E-state index in [1.165, 1.54) is 11.1 Å². The predicted molar refractivity (Wildman–Crippen MR) is 171 cm³/mol. The number of aliphatic carboxylic acids is 1. The minimum Gasteiger partial charge on any atom is -0.507 e. The number of aromatic hydroxyl groups is 1. The van der Waals surface area contributed by atoms with E-state index in [1.807, 2.05) is 6.92 Å². The molecule has 3 heteroatoms. The Bertz CT molecular complexity index is 1210. The zero-order valence-corrected chi connectivity index (χ0v) is 28.1. The van der Waals surface area contributed by atoms with Gasteiger partial charge in [-0.05, 0) is 76.5 Å². The molecule has 2 N–H and O–H groups in total. The van der Waals surface area contributed by atoms with E-state index in [-0.39, 0.29) is 22.2 Å². The van der Waals surface area contributed by atoms with Crippen LogP contribution in [0.3, 0.4) is 0 Å². The van der Waals surface area contributed by atoms with E-state index in [0.29, 0.717) is 5.75 Å². The molecule has 0 amide bonds. The van der Waals surface area contributed by atoms with Gasteiger partial charge in [-0.25, -0.2) is 0 Å². The second-order valence-corrected chi connectivity index (χ2v) is 14.9. The molecule has 0 saturated carbocycles. The van der Waals surface area contributed by atoms with Crippen LogP contribution in [0.5, 0.6) is 5.75 Å². The number of benzene rings is 2. The van der Waals surface area contributed by atoms with Crippen molar-refractivity contribution < 1.29 is 15.0 Å². The largest absolute Gasteiger partial charge is 0.507 e. The van der Waals surface area contributed by atoms with Gasteiger partial charge in [0.2, 0.25) is 0 Å². The highest BCUT2D eigenvalue weighted by molar-refractivity contribution is 5.83. The standard InChI is InChI=1S/C37H58O3/c1-15-33(6,7)25-19-20-29(37(14,32(39)40)36(12,13)18-4)27(21-25)24(5)28-22-26(34(8,9)16-2)23-30(31(28)38)35(10,11)17-3/h19-24,38H,15-18H2,1-14H3,(H,39,40). The fourth-order valence-electron chi connectivity index (χ4n) is 5.58. The maximum absolute atomic E-state index is 13.1. The van der Waals surface area contributed by atoms with Gasteiger partial charge < -0.3 is 10.2 Å². The molecule has 2 aromatic rings. The summed E-state index contributed by atoms with van der Waals surface area (Å²) in [5.41, 5.74) is 4.17. The van der Waals surface area contributed by atoms with Gasteiger partial charge in [0.25, 0.3) is 0 Å². The molecule has 0 bridgehead atoms. The van der Waals surface area contributed by atoms with Gasteiger partial charge in [-0.1, -0.05) is 120 Å². The zero-order chi connectivity index (χ0) is 31.1. The topological polar surface area (TPSA) is 57.5 Å². The highest BCUT2D eigenvalue weighted by Crippen LogP contribution is 2.50. The Morgan fingerprint density at radius 3 is 1.60 bits per heavy atom.